The number of piperidine rings is 4. The number of aromatic hydroxyl groups is 2. The van der Waals surface area contributed by atoms with E-state index in [1.54, 1.807) is 85.5 Å². The summed E-state index contributed by atoms with van der Waals surface area (Å²) in [5.41, 5.74) is 9.12. The number of β-amino-alcohol motifs (C(OH)–C–C–N with tert-alkyl or cyclic N) is 3. The minimum atomic E-state index is -0.902. The van der Waals surface area contributed by atoms with Crippen molar-refractivity contribution >= 4 is 124 Å². The first-order valence-electron chi connectivity index (χ1n) is 51.7. The third kappa shape index (κ3) is 36.8. The fourth-order valence-corrected chi connectivity index (χ4v) is 29.1. The van der Waals surface area contributed by atoms with E-state index in [1.807, 2.05) is 270 Å². The second-order valence-electron chi connectivity index (χ2n) is 44.4. The van der Waals surface area contributed by atoms with Crippen molar-refractivity contribution in [1.29, 1.82) is 0 Å². The highest BCUT2D eigenvalue weighted by Crippen LogP contribution is 2.50. The van der Waals surface area contributed by atoms with Gasteiger partial charge in [-0.3, -0.25) is 43.5 Å². The molecule has 9 fully saturated rings. The van der Waals surface area contributed by atoms with E-state index < -0.39 is 36.5 Å². The number of epoxide rings is 1. The molecule has 7 aromatic rings. The van der Waals surface area contributed by atoms with Gasteiger partial charge in [-0.25, -0.2) is 4.79 Å². The molecule has 16 rings (SSSR count). The van der Waals surface area contributed by atoms with E-state index in [4.69, 9.17) is 15.2 Å². The fourth-order valence-electron chi connectivity index (χ4n) is 19.8. The molecule has 9 heterocycles. The Bertz CT molecular complexity index is 5300. The van der Waals surface area contributed by atoms with Crippen LogP contribution >= 0.6 is 82.3 Å². The van der Waals surface area contributed by atoms with Crippen LogP contribution in [0.1, 0.15) is 184 Å². The van der Waals surface area contributed by atoms with Gasteiger partial charge in [-0.05, 0) is 280 Å². The molecule has 9 aliphatic heterocycles. The predicted octanol–water partition coefficient (Wildman–Crippen LogP) is 15.4. The van der Waals surface area contributed by atoms with E-state index in [0.717, 1.165) is 109 Å². The molecule has 146 heavy (non-hydrogen) atoms. The molecule has 33 heteroatoms. The number of phenolic OH excluding ortho intramolecular Hbond substituents is 2. The lowest BCUT2D eigenvalue weighted by molar-refractivity contribution is -0.131. The fraction of sp³-hybridized carbons (Fsp3) is 0.566. The zero-order chi connectivity index (χ0) is 105. The topological polar surface area (TPSA) is 374 Å². The maximum Gasteiger partial charge on any atom is 0.407 e. The average Bonchev–Trinajstić information content (AvgIpc) is 1.59. The summed E-state index contributed by atoms with van der Waals surface area (Å²) >= 11 is 12.8. The van der Waals surface area contributed by atoms with Gasteiger partial charge in [-0.1, -0.05) is 134 Å². The molecule has 0 spiro atoms. The Balaban J connectivity index is 0.000000168. The van der Waals surface area contributed by atoms with E-state index in [1.165, 1.54) is 29.9 Å². The molecule has 0 radical (unpaired) electrons. The number of nitrogens with one attached hydrogen (secondary N) is 8. The highest BCUT2D eigenvalue weighted by molar-refractivity contribution is 8.01. The summed E-state index contributed by atoms with van der Waals surface area (Å²) < 4.78 is 10.7. The summed E-state index contributed by atoms with van der Waals surface area (Å²) in [6.45, 7) is 35.1. The molecule has 7 aromatic carbocycles. The monoisotopic (exact) mass is 2130 g/mol. The maximum atomic E-state index is 13.5. The van der Waals surface area contributed by atoms with Crippen LogP contribution in [0.5, 0.6) is 11.5 Å². The molecule has 0 aliphatic carbocycles. The number of nitrogens with zero attached hydrogens (tertiary/aromatic N) is 3. The average molecular weight is 2140 g/mol. The van der Waals surface area contributed by atoms with Crippen LogP contribution in [0.4, 0.5) is 4.79 Å². The molecule has 0 bridgehead atoms. The standard InChI is InChI=1S/C31H43N3O4S2.C30H41N3O4S2.C22H35N3O2S2.C18H19NO3.C12H22N2OS/c1-20-23(12-9-13-26(20)35)28(37)32-24(19-39-22-10-7-6-8-11-22)27(36)18-34-17-21-14-15-40-31(21,5)16-25(34)29(38)33-30(2,3)4;1-19-22(11-8-12-25(19)34)28(36)31-23(18-39-21-9-6-5-7-10-21)26(35)17-33-16-20-13-14-38-27(20)15-24(33)29(37)32-30(2,3)4;1-22(2,3)24-21(27)18-11-20-15(9-10-28-20)12-25(18)13-19(26)17(23)14-29-16-7-5-4-6-8-16;20-18(22-12-15-9-5-2-6-10-15)19-16(17-13-21-17)11-14-7-3-1-4-8-14;1-12(2,3)14-11(15)9-6-10-8(7-13-9)4-5-16-10/h6-13,21,24-25,27,35-36H,14-19H2,1-5H3,(H,32,37)(H,33,38);5-12,20,23-24,26-27,34-35H,13-18H2,1-4H3,(H,31,36)(H,32,37);4-8,15,17-20,26H,9-14,23H2,1-3H3,(H,24,27);1-10,16-17H,11-13H2,(H,19,20);8-10,13H,4-7H2,1-3H3,(H,14,15)/t21?,24?,25-,27?,31?;20?,23?,24-,26?,27?;15?,17?,18-,19?,20?;;8?,9-,10?/m000.0/s1. The number of rotatable bonds is 32. The second kappa shape index (κ2) is 55.0. The number of ether oxygens (including phenoxy) is 2. The van der Waals surface area contributed by atoms with Crippen LogP contribution in [0.25, 0.3) is 0 Å². The second-order valence-corrected chi connectivity index (χ2v) is 53.4. The molecule has 0 saturated carbocycles. The van der Waals surface area contributed by atoms with Crippen molar-refractivity contribution in [1.82, 2.24) is 57.2 Å². The van der Waals surface area contributed by atoms with E-state index >= 15 is 0 Å². The molecule has 7 amide bonds. The smallest absolute Gasteiger partial charge is 0.407 e. The number of carbonyl (C=O) groups is 7. The Morgan fingerprint density at radius 1 is 0.473 bits per heavy atom. The van der Waals surface area contributed by atoms with Gasteiger partial charge in [0.05, 0.1) is 67.2 Å². The maximum absolute atomic E-state index is 13.5. The first-order chi connectivity index (χ1) is 69.4. The Hall–Kier alpha value is -7.68. The van der Waals surface area contributed by atoms with Crippen molar-refractivity contribution in [3.05, 3.63) is 221 Å². The SMILES string of the molecule is CC(C)(C)NC(=O)[C@@H]1CC2SCCC2CN1.CC(C)(C)NC(=O)[C@@H]1CC2SCCC2CN1CC(O)C(N)CSc1ccccc1.Cc1c(O)cccc1C(=O)NC(CSc1ccccc1)C(O)CN1CC2CCSC2(C)C[C@H]1C(=O)NC(C)(C)C.Cc1c(O)cccc1C(=O)NC(CSc1ccccc1)C(O)CN1CC2CCSC2C[C@H]1C(=O)NC(C)(C)C.O=C(NC(Cc1ccccc1)C1CO1)OCc1ccccc1. The van der Waals surface area contributed by atoms with E-state index in [-0.39, 0.29) is 136 Å². The van der Waals surface area contributed by atoms with E-state index in [0.29, 0.717) is 86.2 Å². The van der Waals surface area contributed by atoms with Crippen LogP contribution in [-0.2, 0) is 41.7 Å². The largest absolute Gasteiger partial charge is 0.508 e. The number of hydrogen-bond acceptors (Lipinski definition) is 26. The molecule has 16 unspecified atom stereocenters. The van der Waals surface area contributed by atoms with Gasteiger partial charge in [0.2, 0.25) is 23.6 Å². The number of aliphatic hydroxyl groups excluding tert-OH is 3. The van der Waals surface area contributed by atoms with E-state index in [9.17, 15) is 59.1 Å². The van der Waals surface area contributed by atoms with Gasteiger partial charge < -0.3 is 83.3 Å². The highest BCUT2D eigenvalue weighted by Gasteiger charge is 2.52. The van der Waals surface area contributed by atoms with Crippen molar-refractivity contribution in [3.63, 3.8) is 0 Å². The molecule has 26 nitrogen and oxygen atoms in total. The lowest BCUT2D eigenvalue weighted by atomic mass is 9.80. The van der Waals surface area contributed by atoms with Gasteiger partial charge in [-0.2, -0.15) is 47.0 Å². The van der Waals surface area contributed by atoms with Crippen molar-refractivity contribution < 1.29 is 68.6 Å². The van der Waals surface area contributed by atoms with Crippen LogP contribution in [0.15, 0.2) is 203 Å². The summed E-state index contributed by atoms with van der Waals surface area (Å²) in [6.07, 6.45) is 6.07. The van der Waals surface area contributed by atoms with Gasteiger partial charge in [-0.15, -0.1) is 35.3 Å². The number of fused-ring (bicyclic) bond motifs is 4. The molecule has 9 aliphatic rings. The van der Waals surface area contributed by atoms with Crippen molar-refractivity contribution in [3.8, 4) is 11.5 Å². The first-order valence-corrected chi connectivity index (χ1v) is 58.8. The van der Waals surface area contributed by atoms with Crippen LogP contribution in [0.3, 0.4) is 0 Å². The summed E-state index contributed by atoms with van der Waals surface area (Å²) in [6, 6.07) is 57.0. The predicted molar refractivity (Wildman–Crippen MR) is 599 cm³/mol. The van der Waals surface area contributed by atoms with Crippen LogP contribution in [0, 0.1) is 37.5 Å². The van der Waals surface area contributed by atoms with Crippen molar-refractivity contribution in [2.75, 3.05) is 92.7 Å². The number of carbonyl (C=O) groups excluding carboxylic acids is 7. The molecule has 0 aromatic heterocycles. The molecular formula is C113H160N12O14S7. The Kier molecular flexibility index (Phi) is 44.1. The first kappa shape index (κ1) is 117. The lowest BCUT2D eigenvalue weighted by Crippen LogP contribution is -2.62. The number of aliphatic hydroxyl groups is 3. The van der Waals surface area contributed by atoms with Gasteiger partial charge >= 0.3 is 6.09 Å². The molecular weight excluding hydrogens is 1970 g/mol. The Morgan fingerprint density at radius 3 is 1.30 bits per heavy atom. The Labute approximate surface area is 896 Å². The zero-order valence-corrected chi connectivity index (χ0v) is 93.4. The van der Waals surface area contributed by atoms with Crippen molar-refractivity contribution in [2.45, 2.75) is 298 Å². The van der Waals surface area contributed by atoms with Crippen LogP contribution in [0.2, 0.25) is 0 Å². The number of benzene rings is 7. The van der Waals surface area contributed by atoms with Crippen LogP contribution in [-0.4, -0.2) is 290 Å². The Morgan fingerprint density at radius 2 is 0.863 bits per heavy atom. The molecule has 20 atom stereocenters. The third-order valence-electron chi connectivity index (χ3n) is 27.9. The highest BCUT2D eigenvalue weighted by atomic mass is 32.2. The summed E-state index contributed by atoms with van der Waals surface area (Å²) in [7, 11) is 0. The third-order valence-corrected chi connectivity index (χ3v) is 37.4. The van der Waals surface area contributed by atoms with Gasteiger partial charge in [0.1, 0.15) is 24.2 Å². The number of thioether (sulfide) groups is 7. The minimum absolute atomic E-state index is 0.00437. The number of amides is 7. The van der Waals surface area contributed by atoms with E-state index in [2.05, 4.69) is 76.3 Å². The molecule has 15 N–H and O–H groups in total. The number of likely N-dealkylation sites (tertiary alicyclic amines) is 3. The number of hydrogen-bond donors (Lipinski definition) is 14. The molecule has 798 valence electrons. The minimum Gasteiger partial charge on any atom is -0.508 e. The zero-order valence-electron chi connectivity index (χ0n) is 87.7. The lowest BCUT2D eigenvalue weighted by Gasteiger charge is -2.47. The van der Waals surface area contributed by atoms with Gasteiger partial charge in [0, 0.05) is 142 Å². The summed E-state index contributed by atoms with van der Waals surface area (Å²) in [5.74, 6) is 8.22. The number of alkyl carbamates (subject to hydrolysis) is 1. The summed E-state index contributed by atoms with van der Waals surface area (Å²) in [5, 5.41) is 80.9. The molecule has 9 saturated heterocycles. The quantitative estimate of drug-likeness (QED) is 0.0138. The number of nitrogens with two attached hydrogens (primary N) is 1. The van der Waals surface area contributed by atoms with Gasteiger partial charge in [0.25, 0.3) is 11.8 Å². The van der Waals surface area contributed by atoms with Gasteiger partial charge in [0.15, 0.2) is 0 Å². The van der Waals surface area contributed by atoms with Crippen molar-refractivity contribution in [2.24, 2.45) is 29.4 Å². The normalized spacial score (nSPS) is 24.8. The van der Waals surface area contributed by atoms with Crippen LogP contribution < -0.4 is 48.3 Å². The number of phenols is 2. The summed E-state index contributed by atoms with van der Waals surface area (Å²) in [4.78, 5) is 100.